The van der Waals surface area contributed by atoms with E-state index in [4.69, 9.17) is 0 Å². The molecule has 9 heteroatoms. The number of nitrogens with zero attached hydrogens (tertiary/aromatic N) is 3. The molecule has 2 aliphatic rings. The molecule has 3 atom stereocenters. The zero-order chi connectivity index (χ0) is 15.9. The smallest absolute Gasteiger partial charge is 0.407 e. The average Bonchev–Trinajstić information content (AvgIpc) is 2.71. The van der Waals surface area contributed by atoms with Crippen LogP contribution < -0.4 is 10.0 Å². The van der Waals surface area contributed by atoms with E-state index in [1.54, 1.807) is 0 Å². The number of hydrogen-bond donors (Lipinski definition) is 2. The van der Waals surface area contributed by atoms with Gasteiger partial charge in [0.25, 0.3) is 0 Å². The van der Waals surface area contributed by atoms with Gasteiger partial charge < -0.3 is 20.5 Å². The maximum absolute atomic E-state index is 11.4. The molecule has 2 bridgehead atoms. The van der Waals surface area contributed by atoms with E-state index in [2.05, 4.69) is 5.32 Å². The van der Waals surface area contributed by atoms with Gasteiger partial charge in [-0.15, -0.1) is 0 Å². The van der Waals surface area contributed by atoms with Crippen molar-refractivity contribution in [2.24, 2.45) is 0 Å². The summed E-state index contributed by atoms with van der Waals surface area (Å²) in [4.78, 5) is 23.2. The number of fused-ring (bicyclic) bond motifs is 2. The molecule has 1 aromatic rings. The number of nitro groups is 1. The van der Waals surface area contributed by atoms with Gasteiger partial charge >= 0.3 is 11.8 Å². The summed E-state index contributed by atoms with van der Waals surface area (Å²) in [6, 6.07) is 0.969. The molecule has 2 N–H and O–H groups in total. The maximum Gasteiger partial charge on any atom is 0.407 e. The number of amides is 1. The van der Waals surface area contributed by atoms with E-state index in [1.165, 1.54) is 4.90 Å². The first-order valence-electron chi connectivity index (χ1n) is 7.10. The molecule has 1 amide bonds. The highest BCUT2D eigenvalue weighted by Crippen LogP contribution is 2.37. The van der Waals surface area contributed by atoms with Crippen LogP contribution >= 0.6 is 0 Å². The van der Waals surface area contributed by atoms with Gasteiger partial charge in [0.15, 0.2) is 11.9 Å². The van der Waals surface area contributed by atoms with Crippen LogP contribution in [0.5, 0.6) is 0 Å². The molecule has 0 saturated carbocycles. The first-order chi connectivity index (χ1) is 10.5. The predicted octanol–water partition coefficient (Wildman–Crippen LogP) is 1.31. The Kier molecular flexibility index (Phi) is 3.47. The van der Waals surface area contributed by atoms with Crippen molar-refractivity contribution in [2.45, 2.75) is 43.8 Å². The summed E-state index contributed by atoms with van der Waals surface area (Å²) in [5.41, 5.74) is 0.0239. The van der Waals surface area contributed by atoms with Gasteiger partial charge in [-0.3, -0.25) is 10.1 Å². The van der Waals surface area contributed by atoms with Crippen LogP contribution in [0.2, 0.25) is 0 Å². The minimum absolute atomic E-state index is 0.0594. The van der Waals surface area contributed by atoms with Gasteiger partial charge in [0.2, 0.25) is 6.20 Å². The summed E-state index contributed by atoms with van der Waals surface area (Å²) in [6.45, 7) is 0. The molecular weight excluding hydrogens is 292 g/mol. The van der Waals surface area contributed by atoms with E-state index in [0.717, 1.165) is 31.3 Å². The highest BCUT2D eigenvalue weighted by Gasteiger charge is 2.43. The lowest BCUT2D eigenvalue weighted by Gasteiger charge is -2.37. The number of carbonyl (C=O) groups is 1. The Balaban J connectivity index is 1.77. The fraction of sp³-hybridized carbons (Fsp3) is 0.538. The Morgan fingerprint density at radius 1 is 1.41 bits per heavy atom. The van der Waals surface area contributed by atoms with Gasteiger partial charge in [-0.05, 0) is 25.7 Å². The van der Waals surface area contributed by atoms with Crippen molar-refractivity contribution in [3.63, 3.8) is 0 Å². The average molecular weight is 308 g/mol. The molecule has 0 radical (unpaired) electrons. The van der Waals surface area contributed by atoms with Crippen molar-refractivity contribution in [1.29, 1.82) is 0 Å². The lowest BCUT2D eigenvalue weighted by atomic mass is 9.97. The maximum atomic E-state index is 11.4. The van der Waals surface area contributed by atoms with E-state index >= 15 is 0 Å². The Morgan fingerprint density at radius 2 is 2.05 bits per heavy atom. The second kappa shape index (κ2) is 5.32. The number of anilines is 1. The Bertz CT molecular complexity index is 608. The summed E-state index contributed by atoms with van der Waals surface area (Å²) in [5.74, 6) is 0. The van der Waals surface area contributed by atoms with Crippen LogP contribution in [-0.4, -0.2) is 39.1 Å². The topological polar surface area (TPSA) is 123 Å². The van der Waals surface area contributed by atoms with E-state index < -0.39 is 11.0 Å². The number of carboxylic acid groups (broad SMARTS) is 1. The van der Waals surface area contributed by atoms with Gasteiger partial charge in [0, 0.05) is 18.1 Å². The third-order valence-corrected chi connectivity index (χ3v) is 4.42. The van der Waals surface area contributed by atoms with Gasteiger partial charge in [-0.25, -0.2) is 4.79 Å². The fourth-order valence-electron chi connectivity index (χ4n) is 3.57. The van der Waals surface area contributed by atoms with Crippen molar-refractivity contribution in [3.05, 3.63) is 33.8 Å². The Labute approximate surface area is 125 Å². The largest absolute Gasteiger partial charge is 0.619 e. The molecule has 3 heterocycles. The number of pyridine rings is 1. The van der Waals surface area contributed by atoms with Crippen molar-refractivity contribution < 1.29 is 19.6 Å². The van der Waals surface area contributed by atoms with E-state index in [-0.39, 0.29) is 29.5 Å². The zero-order valence-corrected chi connectivity index (χ0v) is 11.7. The standard InChI is InChI=1S/C13H16N4O5/c18-13(19)16-9-1-2-10(16)6-8(5-9)14-11-7-15(20)4-3-12(11)17(21)22/h3-4,7-10,14H,1-2,5-6H2,(H,18,19)/t8-,9+,10-. The van der Waals surface area contributed by atoms with E-state index in [0.29, 0.717) is 17.6 Å². The van der Waals surface area contributed by atoms with Crippen LogP contribution in [0.15, 0.2) is 18.5 Å². The third-order valence-electron chi connectivity index (χ3n) is 4.42. The highest BCUT2D eigenvalue weighted by atomic mass is 16.6. The first kappa shape index (κ1) is 14.4. The Morgan fingerprint density at radius 3 is 2.59 bits per heavy atom. The predicted molar refractivity (Wildman–Crippen MR) is 75.4 cm³/mol. The van der Waals surface area contributed by atoms with Crippen molar-refractivity contribution >= 4 is 17.5 Å². The van der Waals surface area contributed by atoms with Crippen LogP contribution in [0.4, 0.5) is 16.2 Å². The summed E-state index contributed by atoms with van der Waals surface area (Å²) < 4.78 is 0.510. The number of rotatable bonds is 3. The molecule has 2 aliphatic heterocycles. The summed E-state index contributed by atoms with van der Waals surface area (Å²) in [6.07, 6.45) is 4.13. The molecule has 2 fully saturated rings. The minimum atomic E-state index is -0.908. The summed E-state index contributed by atoms with van der Waals surface area (Å²) in [5, 5.41) is 34.7. The molecule has 0 aliphatic carbocycles. The Hall–Kier alpha value is -2.58. The molecule has 9 nitrogen and oxygen atoms in total. The molecule has 0 unspecified atom stereocenters. The summed E-state index contributed by atoms with van der Waals surface area (Å²) >= 11 is 0. The van der Waals surface area contributed by atoms with Crippen molar-refractivity contribution in [1.82, 2.24) is 4.90 Å². The second-order valence-corrected chi connectivity index (χ2v) is 5.75. The van der Waals surface area contributed by atoms with Crippen LogP contribution in [0.3, 0.4) is 0 Å². The number of nitrogens with one attached hydrogen (secondary N) is 1. The molecular formula is C13H16N4O5. The highest BCUT2D eigenvalue weighted by molar-refractivity contribution is 5.67. The molecule has 0 aromatic carbocycles. The van der Waals surface area contributed by atoms with Crippen molar-refractivity contribution in [3.8, 4) is 0 Å². The van der Waals surface area contributed by atoms with Gasteiger partial charge in [0.05, 0.1) is 11.0 Å². The number of piperidine rings is 1. The molecule has 118 valence electrons. The van der Waals surface area contributed by atoms with Gasteiger partial charge in [0.1, 0.15) is 0 Å². The number of hydrogen-bond acceptors (Lipinski definition) is 5. The van der Waals surface area contributed by atoms with Gasteiger partial charge in [-0.1, -0.05) is 0 Å². The molecule has 22 heavy (non-hydrogen) atoms. The SMILES string of the molecule is O=C(O)N1[C@@H]2CC[C@H]1C[C@@H](Nc1c[n+]([O-])ccc1[N+](=O)[O-])C2. The van der Waals surface area contributed by atoms with Crippen LogP contribution in [0.25, 0.3) is 0 Å². The fourth-order valence-corrected chi connectivity index (χ4v) is 3.57. The van der Waals surface area contributed by atoms with Crippen LogP contribution in [0, 0.1) is 15.3 Å². The first-order valence-corrected chi connectivity index (χ1v) is 7.10. The van der Waals surface area contributed by atoms with Gasteiger partial charge in [-0.2, -0.15) is 4.73 Å². The van der Waals surface area contributed by atoms with Crippen molar-refractivity contribution in [2.75, 3.05) is 5.32 Å². The zero-order valence-electron chi connectivity index (χ0n) is 11.7. The molecule has 1 aromatic heterocycles. The van der Waals surface area contributed by atoms with E-state index in [9.17, 15) is 25.2 Å². The molecule has 2 saturated heterocycles. The quantitative estimate of drug-likeness (QED) is 0.375. The van der Waals surface area contributed by atoms with Crippen LogP contribution in [-0.2, 0) is 0 Å². The lowest BCUT2D eigenvalue weighted by molar-refractivity contribution is -0.605. The van der Waals surface area contributed by atoms with E-state index in [1.807, 2.05) is 0 Å². The lowest BCUT2D eigenvalue weighted by Crippen LogP contribution is -2.49. The van der Waals surface area contributed by atoms with Crippen LogP contribution in [0.1, 0.15) is 25.7 Å². The summed E-state index contributed by atoms with van der Waals surface area (Å²) in [7, 11) is 0. The molecule has 0 spiro atoms. The third kappa shape index (κ3) is 2.49. The minimum Gasteiger partial charge on any atom is -0.619 e. The normalized spacial score (nSPS) is 26.7. The monoisotopic (exact) mass is 308 g/mol. The second-order valence-electron chi connectivity index (χ2n) is 5.75. The number of aromatic nitrogens is 1. The molecule has 3 rings (SSSR count).